The molecule has 192 valence electrons. The Labute approximate surface area is 212 Å². The monoisotopic (exact) mass is 536 g/mol. The van der Waals surface area contributed by atoms with Crippen LogP contribution in [0.3, 0.4) is 0 Å². The van der Waals surface area contributed by atoms with Crippen molar-refractivity contribution in [2.45, 2.75) is 50.0 Å². The fourth-order valence-electron chi connectivity index (χ4n) is 4.53. The summed E-state index contributed by atoms with van der Waals surface area (Å²) in [7, 11) is -3.10. The Hall–Kier alpha value is -3.05. The number of aromatic carboxylic acids is 1. The highest BCUT2D eigenvalue weighted by Gasteiger charge is 2.25. The van der Waals surface area contributed by atoms with E-state index in [9.17, 15) is 17.6 Å². The zero-order chi connectivity index (χ0) is 26.0. The lowest BCUT2D eigenvalue weighted by molar-refractivity contribution is 0.0691. The van der Waals surface area contributed by atoms with E-state index in [1.54, 1.807) is 6.07 Å². The first kappa shape index (κ1) is 26.0. The predicted octanol–water partition coefficient (Wildman–Crippen LogP) is 6.28. The molecule has 3 aromatic rings. The summed E-state index contributed by atoms with van der Waals surface area (Å²) in [5, 5.41) is 10.1. The maximum absolute atomic E-state index is 15.0. The van der Waals surface area contributed by atoms with Gasteiger partial charge in [-0.1, -0.05) is 19.4 Å². The standard InChI is InChI=1S/C25H26F2N2O5S2/c1-3-14-4-6-15(7-5-14)16-8-9-17(19(26)10-16)24-28-23(13-35-24)36(32,33)29-21-12-20(27)18(25(30)31)11-22(21)34-2/h8-15,29H,3-7H2,1-2H3,(H,30,31). The first-order valence-electron chi connectivity index (χ1n) is 11.5. The normalized spacial score (nSPS) is 18.1. The summed E-state index contributed by atoms with van der Waals surface area (Å²) >= 11 is 0.965. The first-order valence-corrected chi connectivity index (χ1v) is 13.9. The third kappa shape index (κ3) is 5.36. The van der Waals surface area contributed by atoms with E-state index in [1.165, 1.54) is 25.0 Å². The molecule has 1 aliphatic rings. The molecular formula is C25H26F2N2O5S2. The molecule has 1 aromatic heterocycles. The summed E-state index contributed by atoms with van der Waals surface area (Å²) in [4.78, 5) is 15.2. The van der Waals surface area contributed by atoms with Crippen molar-refractivity contribution in [1.82, 2.24) is 4.98 Å². The second-order valence-corrected chi connectivity index (χ2v) is 11.3. The SMILES string of the molecule is CCC1CCC(c2ccc(-c3nc(S(=O)(=O)Nc4cc(F)c(C(=O)O)cc4OC)cs3)c(F)c2)CC1. The van der Waals surface area contributed by atoms with Gasteiger partial charge in [0.25, 0.3) is 10.0 Å². The van der Waals surface area contributed by atoms with Gasteiger partial charge in [-0.15, -0.1) is 11.3 Å². The van der Waals surface area contributed by atoms with Gasteiger partial charge < -0.3 is 9.84 Å². The Kier molecular flexibility index (Phi) is 7.60. The topological polar surface area (TPSA) is 106 Å². The average molecular weight is 537 g/mol. The third-order valence-corrected chi connectivity index (χ3v) is 8.91. The molecule has 0 atom stereocenters. The molecule has 2 aromatic carbocycles. The smallest absolute Gasteiger partial charge is 0.338 e. The lowest BCUT2D eigenvalue weighted by Gasteiger charge is -2.28. The molecule has 1 aliphatic carbocycles. The summed E-state index contributed by atoms with van der Waals surface area (Å²) in [6.07, 6.45) is 5.50. The van der Waals surface area contributed by atoms with Crippen molar-refractivity contribution < 1.29 is 31.8 Å². The van der Waals surface area contributed by atoms with Gasteiger partial charge >= 0.3 is 5.97 Å². The molecule has 0 amide bonds. The van der Waals surface area contributed by atoms with Crippen LogP contribution in [0.25, 0.3) is 10.6 Å². The van der Waals surface area contributed by atoms with Gasteiger partial charge in [-0.3, -0.25) is 4.72 Å². The lowest BCUT2D eigenvalue weighted by atomic mass is 9.78. The number of ether oxygens (including phenoxy) is 1. The average Bonchev–Trinajstić information content (AvgIpc) is 3.35. The number of carbonyl (C=O) groups is 1. The molecule has 1 saturated carbocycles. The highest BCUT2D eigenvalue weighted by Crippen LogP contribution is 2.39. The molecule has 1 heterocycles. The van der Waals surface area contributed by atoms with Gasteiger partial charge in [-0.05, 0) is 61.3 Å². The molecule has 2 N–H and O–H groups in total. The van der Waals surface area contributed by atoms with Gasteiger partial charge in [-0.25, -0.2) is 18.6 Å². The number of hydrogen-bond acceptors (Lipinski definition) is 6. The van der Waals surface area contributed by atoms with E-state index in [0.29, 0.717) is 5.92 Å². The molecule has 4 rings (SSSR count). The number of anilines is 1. The zero-order valence-corrected chi connectivity index (χ0v) is 21.4. The lowest BCUT2D eigenvalue weighted by Crippen LogP contribution is -2.15. The molecule has 36 heavy (non-hydrogen) atoms. The third-order valence-electron chi connectivity index (χ3n) is 6.64. The number of carboxylic acids is 1. The molecule has 0 unspecified atom stereocenters. The van der Waals surface area contributed by atoms with Crippen molar-refractivity contribution in [2.75, 3.05) is 11.8 Å². The molecule has 0 radical (unpaired) electrons. The van der Waals surface area contributed by atoms with Crippen LogP contribution < -0.4 is 9.46 Å². The fraction of sp³-hybridized carbons (Fsp3) is 0.360. The van der Waals surface area contributed by atoms with Crippen molar-refractivity contribution in [3.8, 4) is 16.3 Å². The number of rotatable bonds is 8. The van der Waals surface area contributed by atoms with Crippen molar-refractivity contribution in [3.63, 3.8) is 0 Å². The summed E-state index contributed by atoms with van der Waals surface area (Å²) in [6, 6.07) is 6.62. The van der Waals surface area contributed by atoms with Crippen LogP contribution in [0.5, 0.6) is 5.75 Å². The van der Waals surface area contributed by atoms with Crippen LogP contribution in [0.1, 0.15) is 60.9 Å². The van der Waals surface area contributed by atoms with Crippen LogP contribution in [-0.4, -0.2) is 31.6 Å². The maximum atomic E-state index is 15.0. The van der Waals surface area contributed by atoms with Crippen LogP contribution in [-0.2, 0) is 10.0 Å². The Morgan fingerprint density at radius 2 is 1.89 bits per heavy atom. The minimum atomic E-state index is -4.30. The Morgan fingerprint density at radius 3 is 2.50 bits per heavy atom. The molecule has 0 aliphatic heterocycles. The van der Waals surface area contributed by atoms with Crippen molar-refractivity contribution >= 4 is 33.0 Å². The van der Waals surface area contributed by atoms with E-state index >= 15 is 4.39 Å². The summed E-state index contributed by atoms with van der Waals surface area (Å²) in [5.74, 6) is -2.25. The highest BCUT2D eigenvalue weighted by molar-refractivity contribution is 7.92. The molecular weight excluding hydrogens is 510 g/mol. The number of nitrogens with one attached hydrogen (secondary N) is 1. The Bertz CT molecular complexity index is 1380. The molecule has 0 bridgehead atoms. The van der Waals surface area contributed by atoms with Gasteiger partial charge in [0.05, 0.1) is 18.4 Å². The van der Waals surface area contributed by atoms with Gasteiger partial charge in [-0.2, -0.15) is 8.42 Å². The Balaban J connectivity index is 1.55. The molecule has 7 nitrogen and oxygen atoms in total. The fourth-order valence-corrected chi connectivity index (χ4v) is 6.71. The number of thiazole rings is 1. The summed E-state index contributed by atoms with van der Waals surface area (Å²) < 4.78 is 62.1. The second-order valence-electron chi connectivity index (χ2n) is 8.80. The minimum Gasteiger partial charge on any atom is -0.495 e. The quantitative estimate of drug-likeness (QED) is 0.351. The number of hydrogen-bond donors (Lipinski definition) is 2. The largest absolute Gasteiger partial charge is 0.495 e. The number of methoxy groups -OCH3 is 1. The number of nitrogens with zero attached hydrogens (tertiary/aromatic N) is 1. The van der Waals surface area contributed by atoms with Gasteiger partial charge in [0.2, 0.25) is 0 Å². The predicted molar refractivity (Wildman–Crippen MR) is 133 cm³/mol. The minimum absolute atomic E-state index is 0.178. The van der Waals surface area contributed by atoms with E-state index in [2.05, 4.69) is 16.6 Å². The van der Waals surface area contributed by atoms with E-state index in [1.807, 2.05) is 6.07 Å². The van der Waals surface area contributed by atoms with Crippen molar-refractivity contribution in [3.05, 3.63) is 58.5 Å². The molecule has 1 fully saturated rings. The number of benzene rings is 2. The van der Waals surface area contributed by atoms with Gasteiger partial charge in [0.15, 0.2) is 5.03 Å². The number of halogens is 2. The highest BCUT2D eigenvalue weighted by atomic mass is 32.2. The molecule has 0 spiro atoms. The zero-order valence-electron chi connectivity index (χ0n) is 19.8. The van der Waals surface area contributed by atoms with E-state index in [4.69, 9.17) is 9.84 Å². The number of aromatic nitrogens is 1. The van der Waals surface area contributed by atoms with Crippen LogP contribution in [0.2, 0.25) is 0 Å². The van der Waals surface area contributed by atoms with Crippen LogP contribution in [0.4, 0.5) is 14.5 Å². The van der Waals surface area contributed by atoms with E-state index < -0.39 is 33.2 Å². The number of sulfonamides is 1. The molecule has 11 heteroatoms. The summed E-state index contributed by atoms with van der Waals surface area (Å²) in [6.45, 7) is 2.20. The number of carboxylic acid groups (broad SMARTS) is 1. The molecule has 0 saturated heterocycles. The van der Waals surface area contributed by atoms with Gasteiger partial charge in [0.1, 0.15) is 22.4 Å². The van der Waals surface area contributed by atoms with Crippen LogP contribution in [0, 0.1) is 17.6 Å². The Morgan fingerprint density at radius 1 is 1.17 bits per heavy atom. The van der Waals surface area contributed by atoms with Crippen molar-refractivity contribution in [1.29, 1.82) is 0 Å². The summed E-state index contributed by atoms with van der Waals surface area (Å²) in [5.41, 5.74) is 0.184. The second kappa shape index (κ2) is 10.5. The first-order chi connectivity index (χ1) is 17.1. The van der Waals surface area contributed by atoms with E-state index in [-0.39, 0.29) is 27.0 Å². The van der Waals surface area contributed by atoms with Crippen LogP contribution in [0.15, 0.2) is 40.7 Å². The van der Waals surface area contributed by atoms with E-state index in [0.717, 1.165) is 60.6 Å². The van der Waals surface area contributed by atoms with Crippen molar-refractivity contribution in [2.24, 2.45) is 5.92 Å². The maximum Gasteiger partial charge on any atom is 0.338 e. The van der Waals surface area contributed by atoms with Gasteiger partial charge in [0, 0.05) is 17.0 Å². The van der Waals surface area contributed by atoms with Crippen LogP contribution >= 0.6 is 11.3 Å².